The number of hydrogen-bond acceptors (Lipinski definition) is 10. The number of phenolic OH excluding ortho intramolecular Hbond substituents is 5. The predicted molar refractivity (Wildman–Crippen MR) is 284 cm³/mol. The lowest BCUT2D eigenvalue weighted by atomic mass is 9.94. The molecule has 71 heavy (non-hydrogen) atoms. The molecule has 5 N–H and O–H groups in total. The fourth-order valence-electron chi connectivity index (χ4n) is 10.5. The van der Waals surface area contributed by atoms with E-state index in [4.69, 9.17) is 19.4 Å². The molecule has 0 spiro atoms. The molecule has 0 saturated heterocycles. The Labute approximate surface area is 406 Å². The SMILES string of the molecule is Oc1c(O)c(O)c(-c2nc(-c3ccc4c(ccc5ccccc54)c3)nc(-c3ccc4c(sc5ccccc54)c3-n3c4c(c5ccccc53)C(c3ccc5c(c3)oc3ccccc35)=CCC=C4)n2)c(O)c1O. The first-order chi connectivity index (χ1) is 34.8. The van der Waals surface area contributed by atoms with Gasteiger partial charge in [-0.15, -0.1) is 11.3 Å². The average Bonchev–Trinajstić information content (AvgIpc) is 4.03. The highest BCUT2D eigenvalue weighted by atomic mass is 32.1. The summed E-state index contributed by atoms with van der Waals surface area (Å²) in [6.07, 6.45) is 7.29. The maximum Gasteiger partial charge on any atom is 0.208 e. The predicted octanol–water partition coefficient (Wildman–Crippen LogP) is 14.8. The molecule has 10 nitrogen and oxygen atoms in total. The summed E-state index contributed by atoms with van der Waals surface area (Å²) in [5.74, 6) is -4.89. The minimum absolute atomic E-state index is 0.180. The van der Waals surface area contributed by atoms with Gasteiger partial charge in [0.25, 0.3) is 0 Å². The summed E-state index contributed by atoms with van der Waals surface area (Å²) in [4.78, 5) is 15.1. The van der Waals surface area contributed by atoms with E-state index in [0.717, 1.165) is 103 Å². The highest BCUT2D eigenvalue weighted by Gasteiger charge is 2.30. The number of hydrogen-bond donors (Lipinski definition) is 5. The lowest BCUT2D eigenvalue weighted by molar-refractivity contribution is 0.329. The van der Waals surface area contributed by atoms with Crippen molar-refractivity contribution in [2.24, 2.45) is 0 Å². The molecular weight excluding hydrogens is 905 g/mol. The molecule has 0 aliphatic heterocycles. The van der Waals surface area contributed by atoms with Crippen molar-refractivity contribution < 1.29 is 29.9 Å². The summed E-state index contributed by atoms with van der Waals surface area (Å²) in [7, 11) is 0. The van der Waals surface area contributed by atoms with Crippen LogP contribution in [0.1, 0.15) is 23.2 Å². The molecule has 0 radical (unpaired) electrons. The Balaban J connectivity index is 1.06. The molecule has 0 atom stereocenters. The van der Waals surface area contributed by atoms with E-state index in [-0.39, 0.29) is 17.5 Å². The van der Waals surface area contributed by atoms with Crippen LogP contribution < -0.4 is 0 Å². The number of phenols is 5. The molecule has 4 heterocycles. The van der Waals surface area contributed by atoms with Crippen LogP contribution in [0.2, 0.25) is 0 Å². The summed E-state index contributed by atoms with van der Waals surface area (Å²) < 4.78 is 10.8. The molecule has 0 unspecified atom stereocenters. The van der Waals surface area contributed by atoms with E-state index in [2.05, 4.69) is 102 Å². The summed E-state index contributed by atoms with van der Waals surface area (Å²) in [5.41, 5.74) is 8.13. The molecule has 13 aromatic rings. The van der Waals surface area contributed by atoms with Crippen molar-refractivity contribution in [3.63, 3.8) is 0 Å². The highest BCUT2D eigenvalue weighted by molar-refractivity contribution is 7.26. The van der Waals surface area contributed by atoms with Crippen LogP contribution in [-0.4, -0.2) is 45.1 Å². The van der Waals surface area contributed by atoms with E-state index >= 15 is 0 Å². The van der Waals surface area contributed by atoms with Gasteiger partial charge in [0.15, 0.2) is 29.0 Å². The number of benzene rings is 9. The molecule has 11 heteroatoms. The van der Waals surface area contributed by atoms with Crippen LogP contribution in [0.5, 0.6) is 28.7 Å². The van der Waals surface area contributed by atoms with Crippen molar-refractivity contribution >= 4 is 97.5 Å². The molecule has 4 aromatic heterocycles. The third kappa shape index (κ3) is 6.03. The monoisotopic (exact) mass is 940 g/mol. The first-order valence-electron chi connectivity index (χ1n) is 23.0. The van der Waals surface area contributed by atoms with Crippen molar-refractivity contribution in [3.05, 3.63) is 187 Å². The summed E-state index contributed by atoms with van der Waals surface area (Å²) in [6, 6.07) is 53.4. The van der Waals surface area contributed by atoms with Crippen LogP contribution in [0.25, 0.3) is 126 Å². The maximum absolute atomic E-state index is 11.4. The second kappa shape index (κ2) is 15.3. The largest absolute Gasteiger partial charge is 0.504 e. The minimum Gasteiger partial charge on any atom is -0.504 e. The third-order valence-electron chi connectivity index (χ3n) is 13.8. The van der Waals surface area contributed by atoms with Crippen LogP contribution in [0.3, 0.4) is 0 Å². The number of rotatable bonds is 5. The zero-order chi connectivity index (χ0) is 47.6. The summed E-state index contributed by atoms with van der Waals surface area (Å²) >= 11 is 1.66. The van der Waals surface area contributed by atoms with Gasteiger partial charge in [0.1, 0.15) is 16.7 Å². The Kier molecular flexibility index (Phi) is 8.74. The molecular formula is C60H36N4O6S. The van der Waals surface area contributed by atoms with Gasteiger partial charge in [-0.3, -0.25) is 0 Å². The standard InChI is InChI=1S/C60H36N4O6S/c65-52-50(53(66)55(68)56(69)54(52)67)60-62-58(34-24-25-36-32(29-34)22-21-31-11-1-2-12-35(31)36)61-59(63-60)43-28-27-41-40-15-6-10-20-48(40)71-57(41)51(43)64-44-17-7-4-16-42(44)49-37(13-3-8-18-45(49)64)33-23-26-39-38-14-5-9-19-46(38)70-47(39)30-33/h1-2,4-30,65-69H,3H2. The molecule has 1 aliphatic rings. The first-order valence-corrected chi connectivity index (χ1v) is 23.8. The fraction of sp³-hybridized carbons (Fsp3) is 0.0167. The van der Waals surface area contributed by atoms with E-state index in [1.54, 1.807) is 11.3 Å². The van der Waals surface area contributed by atoms with Crippen molar-refractivity contribution in [1.82, 2.24) is 19.5 Å². The van der Waals surface area contributed by atoms with E-state index in [1.165, 1.54) is 0 Å². The smallest absolute Gasteiger partial charge is 0.208 e. The van der Waals surface area contributed by atoms with Crippen molar-refractivity contribution in [1.29, 1.82) is 0 Å². The minimum atomic E-state index is -1.09. The molecule has 14 rings (SSSR count). The van der Waals surface area contributed by atoms with Crippen molar-refractivity contribution in [2.75, 3.05) is 0 Å². The van der Waals surface area contributed by atoms with Crippen molar-refractivity contribution in [2.45, 2.75) is 6.42 Å². The zero-order valence-corrected chi connectivity index (χ0v) is 38.1. The molecule has 0 amide bonds. The van der Waals surface area contributed by atoms with Crippen molar-refractivity contribution in [3.8, 4) is 68.6 Å². The number of aromatic hydroxyl groups is 5. The molecule has 9 aromatic carbocycles. The van der Waals surface area contributed by atoms with Crippen LogP contribution >= 0.6 is 11.3 Å². The normalized spacial score (nSPS) is 12.8. The number of nitrogens with zero attached hydrogens (tertiary/aromatic N) is 4. The summed E-state index contributed by atoms with van der Waals surface area (Å²) in [5, 5.41) is 64.4. The van der Waals surface area contributed by atoms with Gasteiger partial charge in [-0.25, -0.2) is 15.0 Å². The Morgan fingerprint density at radius 3 is 1.97 bits per heavy atom. The fourth-order valence-corrected chi connectivity index (χ4v) is 11.8. The molecule has 338 valence electrons. The van der Waals surface area contributed by atoms with Gasteiger partial charge in [-0.05, 0) is 87.6 Å². The van der Waals surface area contributed by atoms with Gasteiger partial charge < -0.3 is 34.5 Å². The number of allylic oxidation sites excluding steroid dienone is 2. The van der Waals surface area contributed by atoms with E-state index in [1.807, 2.05) is 78.9 Å². The van der Waals surface area contributed by atoms with Crippen LogP contribution in [0, 0.1) is 0 Å². The van der Waals surface area contributed by atoms with Crippen LogP contribution in [0.4, 0.5) is 0 Å². The van der Waals surface area contributed by atoms with Gasteiger partial charge in [0.2, 0.25) is 17.2 Å². The molecule has 0 bridgehead atoms. The average molecular weight is 941 g/mol. The second-order valence-electron chi connectivity index (χ2n) is 17.8. The number of furan rings is 1. The van der Waals surface area contributed by atoms with E-state index in [0.29, 0.717) is 17.5 Å². The highest BCUT2D eigenvalue weighted by Crippen LogP contribution is 2.55. The zero-order valence-electron chi connectivity index (χ0n) is 37.3. The molecule has 0 saturated carbocycles. The Morgan fingerprint density at radius 1 is 0.479 bits per heavy atom. The quantitative estimate of drug-likeness (QED) is 0.0643. The number of thiophene rings is 1. The van der Waals surface area contributed by atoms with E-state index < -0.39 is 34.3 Å². The van der Waals surface area contributed by atoms with Gasteiger partial charge in [-0.2, -0.15) is 0 Å². The lowest BCUT2D eigenvalue weighted by Crippen LogP contribution is -2.05. The topological polar surface area (TPSA) is 158 Å². The Bertz CT molecular complexity index is 4490. The van der Waals surface area contributed by atoms with Gasteiger partial charge >= 0.3 is 0 Å². The molecule has 0 fully saturated rings. The Hall–Kier alpha value is -9.45. The maximum atomic E-state index is 11.4. The number of aromatic nitrogens is 4. The van der Waals surface area contributed by atoms with Gasteiger partial charge in [0, 0.05) is 48.3 Å². The van der Waals surface area contributed by atoms with Crippen LogP contribution in [0.15, 0.2) is 174 Å². The number of para-hydroxylation sites is 2. The summed E-state index contributed by atoms with van der Waals surface area (Å²) in [6.45, 7) is 0. The van der Waals surface area contributed by atoms with Crippen LogP contribution in [-0.2, 0) is 0 Å². The van der Waals surface area contributed by atoms with Gasteiger partial charge in [-0.1, -0.05) is 127 Å². The number of fused-ring (bicyclic) bond motifs is 12. The Morgan fingerprint density at radius 2 is 1.11 bits per heavy atom. The second-order valence-corrected chi connectivity index (χ2v) is 18.8. The lowest BCUT2D eigenvalue weighted by Gasteiger charge is -2.18. The van der Waals surface area contributed by atoms with Gasteiger partial charge in [0.05, 0.1) is 21.6 Å². The third-order valence-corrected chi connectivity index (χ3v) is 15.0. The van der Waals surface area contributed by atoms with E-state index in [9.17, 15) is 25.5 Å². The molecule has 1 aliphatic carbocycles. The first kappa shape index (κ1) is 40.6.